The molecule has 5 nitrogen and oxygen atoms in total. The highest BCUT2D eigenvalue weighted by molar-refractivity contribution is 5.81. The Morgan fingerprint density at radius 2 is 1.93 bits per heavy atom. The maximum absolute atomic E-state index is 10.1. The fourth-order valence-electron chi connectivity index (χ4n) is 2.87. The molecule has 0 atom stereocenters. The number of nitrogens with one attached hydrogen (secondary N) is 1. The second-order valence-corrected chi connectivity index (χ2v) is 6.07. The Hall–Kier alpha value is -3.73. The summed E-state index contributed by atoms with van der Waals surface area (Å²) in [5.41, 5.74) is 3.64. The smallest absolute Gasteiger partial charge is 0.226 e. The van der Waals surface area contributed by atoms with Gasteiger partial charge >= 0.3 is 0 Å². The SMILES string of the molecule is C=C(Nc1ccc(-c2cc3cccnc3o2)cc1)c1ccc(OC)cc1O. The highest BCUT2D eigenvalue weighted by Gasteiger charge is 2.09. The van der Waals surface area contributed by atoms with Crippen LogP contribution in [0.2, 0.25) is 0 Å². The fraction of sp³-hybridized carbons (Fsp3) is 0.0455. The summed E-state index contributed by atoms with van der Waals surface area (Å²) < 4.78 is 10.9. The number of anilines is 1. The lowest BCUT2D eigenvalue weighted by atomic mass is 10.1. The molecule has 2 aromatic carbocycles. The van der Waals surface area contributed by atoms with Crippen molar-refractivity contribution < 1.29 is 14.3 Å². The predicted octanol–water partition coefficient (Wildman–Crippen LogP) is 5.29. The number of pyridine rings is 1. The summed E-state index contributed by atoms with van der Waals surface area (Å²) in [4.78, 5) is 4.22. The van der Waals surface area contributed by atoms with E-state index in [2.05, 4.69) is 16.9 Å². The van der Waals surface area contributed by atoms with Gasteiger partial charge in [-0.2, -0.15) is 0 Å². The summed E-state index contributed by atoms with van der Waals surface area (Å²) in [6, 6.07) is 18.7. The van der Waals surface area contributed by atoms with Crippen molar-refractivity contribution in [3.05, 3.63) is 79.0 Å². The molecule has 0 saturated heterocycles. The van der Waals surface area contributed by atoms with Gasteiger partial charge in [0, 0.05) is 40.2 Å². The Bertz CT molecular complexity index is 1080. The van der Waals surface area contributed by atoms with Gasteiger partial charge in [0.05, 0.1) is 7.11 Å². The summed E-state index contributed by atoms with van der Waals surface area (Å²) in [6.07, 6.45) is 1.71. The van der Waals surface area contributed by atoms with Gasteiger partial charge in [-0.1, -0.05) is 6.58 Å². The molecule has 0 aliphatic heterocycles. The highest BCUT2D eigenvalue weighted by Crippen LogP contribution is 2.31. The number of phenolic OH excluding ortho intramolecular Hbond substituents is 1. The number of hydrogen-bond acceptors (Lipinski definition) is 5. The Morgan fingerprint density at radius 1 is 1.11 bits per heavy atom. The van der Waals surface area contributed by atoms with E-state index in [4.69, 9.17) is 9.15 Å². The number of aromatic hydroxyl groups is 1. The quantitative estimate of drug-likeness (QED) is 0.507. The third-order valence-corrected chi connectivity index (χ3v) is 4.29. The molecule has 0 unspecified atom stereocenters. The average molecular weight is 358 g/mol. The lowest BCUT2D eigenvalue weighted by Gasteiger charge is -2.12. The normalized spacial score (nSPS) is 10.7. The van der Waals surface area contributed by atoms with Crippen LogP contribution in [0.5, 0.6) is 11.5 Å². The second-order valence-electron chi connectivity index (χ2n) is 6.07. The first kappa shape index (κ1) is 16.7. The first-order chi connectivity index (χ1) is 13.1. The maximum atomic E-state index is 10.1. The van der Waals surface area contributed by atoms with E-state index in [1.165, 1.54) is 0 Å². The first-order valence-electron chi connectivity index (χ1n) is 8.42. The molecule has 0 aliphatic carbocycles. The molecule has 5 heteroatoms. The minimum Gasteiger partial charge on any atom is -0.507 e. The van der Waals surface area contributed by atoms with Crippen LogP contribution in [0.3, 0.4) is 0 Å². The molecule has 4 rings (SSSR count). The zero-order valence-electron chi connectivity index (χ0n) is 14.8. The fourth-order valence-corrected chi connectivity index (χ4v) is 2.87. The molecular weight excluding hydrogens is 340 g/mol. The summed E-state index contributed by atoms with van der Waals surface area (Å²) in [6.45, 7) is 4.01. The number of ether oxygens (including phenoxy) is 1. The third-order valence-electron chi connectivity index (χ3n) is 4.29. The van der Waals surface area contributed by atoms with E-state index >= 15 is 0 Å². The first-order valence-corrected chi connectivity index (χ1v) is 8.42. The van der Waals surface area contributed by atoms with Gasteiger partial charge in [-0.05, 0) is 54.6 Å². The molecule has 2 N–H and O–H groups in total. The number of methoxy groups -OCH3 is 1. The van der Waals surface area contributed by atoms with Crippen molar-refractivity contribution in [2.24, 2.45) is 0 Å². The van der Waals surface area contributed by atoms with Gasteiger partial charge in [-0.25, -0.2) is 4.98 Å². The number of hydrogen-bond donors (Lipinski definition) is 2. The Balaban J connectivity index is 1.53. The summed E-state index contributed by atoms with van der Waals surface area (Å²) in [5, 5.41) is 14.3. The molecule has 134 valence electrons. The van der Waals surface area contributed by atoms with Gasteiger partial charge < -0.3 is 19.6 Å². The molecule has 2 heterocycles. The van der Waals surface area contributed by atoms with E-state index < -0.39 is 0 Å². The molecule has 0 aliphatic rings. The van der Waals surface area contributed by atoms with Gasteiger partial charge in [0.15, 0.2) is 0 Å². The van der Waals surface area contributed by atoms with Crippen molar-refractivity contribution in [1.82, 2.24) is 4.98 Å². The van der Waals surface area contributed by atoms with Crippen LogP contribution in [0.1, 0.15) is 5.56 Å². The van der Waals surface area contributed by atoms with E-state index in [0.717, 1.165) is 22.4 Å². The number of benzene rings is 2. The zero-order valence-corrected chi connectivity index (χ0v) is 14.8. The Labute approximate surface area is 156 Å². The van der Waals surface area contributed by atoms with E-state index in [9.17, 15) is 5.11 Å². The number of aromatic nitrogens is 1. The summed E-state index contributed by atoms with van der Waals surface area (Å²) in [5.74, 6) is 1.47. The minimum absolute atomic E-state index is 0.109. The summed E-state index contributed by atoms with van der Waals surface area (Å²) in [7, 11) is 1.56. The lowest BCUT2D eigenvalue weighted by molar-refractivity contribution is 0.407. The minimum atomic E-state index is 0.109. The van der Waals surface area contributed by atoms with Crippen LogP contribution >= 0.6 is 0 Å². The number of fused-ring (bicyclic) bond motifs is 1. The van der Waals surface area contributed by atoms with E-state index in [1.807, 2.05) is 42.5 Å². The zero-order chi connectivity index (χ0) is 18.8. The van der Waals surface area contributed by atoms with Crippen molar-refractivity contribution >= 4 is 22.5 Å². The van der Waals surface area contributed by atoms with Crippen molar-refractivity contribution in [1.29, 1.82) is 0 Å². The van der Waals surface area contributed by atoms with Crippen LogP contribution in [0.25, 0.3) is 28.1 Å². The van der Waals surface area contributed by atoms with Crippen LogP contribution in [0, 0.1) is 0 Å². The Morgan fingerprint density at radius 3 is 2.63 bits per heavy atom. The van der Waals surface area contributed by atoms with Crippen LogP contribution in [0.15, 0.2) is 77.9 Å². The molecule has 0 saturated carbocycles. The van der Waals surface area contributed by atoms with E-state index in [1.54, 1.807) is 31.5 Å². The largest absolute Gasteiger partial charge is 0.507 e. The molecule has 0 bridgehead atoms. The number of rotatable bonds is 5. The molecule has 0 spiro atoms. The van der Waals surface area contributed by atoms with E-state index in [0.29, 0.717) is 22.7 Å². The standard InChI is InChI=1S/C22H18N2O3/c1-14(19-10-9-18(26-2)13-20(19)25)24-17-7-5-15(6-8-17)21-12-16-4-3-11-23-22(16)27-21/h3-13,24-25H,1H2,2H3. The van der Waals surface area contributed by atoms with Gasteiger partial charge in [0.2, 0.25) is 5.71 Å². The van der Waals surface area contributed by atoms with Crippen molar-refractivity contribution in [2.45, 2.75) is 0 Å². The maximum Gasteiger partial charge on any atom is 0.226 e. The van der Waals surface area contributed by atoms with Crippen LogP contribution in [-0.2, 0) is 0 Å². The predicted molar refractivity (Wildman–Crippen MR) is 107 cm³/mol. The molecule has 27 heavy (non-hydrogen) atoms. The second kappa shape index (κ2) is 6.88. The molecule has 0 amide bonds. The van der Waals surface area contributed by atoms with Crippen molar-refractivity contribution in [3.63, 3.8) is 0 Å². The van der Waals surface area contributed by atoms with Gasteiger partial charge in [0.1, 0.15) is 17.3 Å². The van der Waals surface area contributed by atoms with Crippen molar-refractivity contribution in [2.75, 3.05) is 12.4 Å². The van der Waals surface area contributed by atoms with Gasteiger partial charge in [0.25, 0.3) is 0 Å². The highest BCUT2D eigenvalue weighted by atomic mass is 16.5. The van der Waals surface area contributed by atoms with E-state index in [-0.39, 0.29) is 5.75 Å². The van der Waals surface area contributed by atoms with Gasteiger partial charge in [-0.15, -0.1) is 0 Å². The Kier molecular flexibility index (Phi) is 4.26. The molecule has 4 aromatic rings. The number of phenols is 1. The molecular formula is C22H18N2O3. The van der Waals surface area contributed by atoms with Gasteiger partial charge in [-0.3, -0.25) is 0 Å². The third kappa shape index (κ3) is 3.35. The molecule has 2 aromatic heterocycles. The lowest BCUT2D eigenvalue weighted by Crippen LogP contribution is -1.98. The monoisotopic (exact) mass is 358 g/mol. The average Bonchev–Trinajstić information content (AvgIpc) is 3.12. The molecule has 0 radical (unpaired) electrons. The van der Waals surface area contributed by atoms with Crippen LogP contribution < -0.4 is 10.1 Å². The van der Waals surface area contributed by atoms with Crippen LogP contribution in [-0.4, -0.2) is 17.2 Å². The topological polar surface area (TPSA) is 67.5 Å². The molecule has 0 fully saturated rings. The summed E-state index contributed by atoms with van der Waals surface area (Å²) >= 11 is 0. The number of nitrogens with zero attached hydrogens (tertiary/aromatic N) is 1. The van der Waals surface area contributed by atoms with Crippen molar-refractivity contribution in [3.8, 4) is 22.8 Å². The number of furan rings is 1. The van der Waals surface area contributed by atoms with Crippen LogP contribution in [0.4, 0.5) is 5.69 Å².